The second-order valence-corrected chi connectivity index (χ2v) is 8.86. The molecule has 170 valence electrons. The molecule has 2 amide bonds. The zero-order valence-corrected chi connectivity index (χ0v) is 18.1. The van der Waals surface area contributed by atoms with Crippen LogP contribution in [0.15, 0.2) is 42.2 Å². The summed E-state index contributed by atoms with van der Waals surface area (Å²) in [5, 5.41) is 2.39. The number of carbonyl (C=O) groups is 3. The van der Waals surface area contributed by atoms with E-state index in [1.165, 1.54) is 0 Å². The lowest BCUT2D eigenvalue weighted by atomic mass is 9.88. The van der Waals surface area contributed by atoms with E-state index in [1.54, 1.807) is 26.8 Å². The Morgan fingerprint density at radius 3 is 2.53 bits per heavy atom. The zero-order valence-electron chi connectivity index (χ0n) is 18.1. The SMILES string of the molecule is CCOC(=O)[C@@H]1[C@H]2C(=O)NC(=O)[C@H]2[C@@H](C2=C[C@H]3OC(C)(C)O[C@H]3O2)N1Cc1ccccc1. The van der Waals surface area contributed by atoms with Crippen LogP contribution < -0.4 is 5.32 Å². The van der Waals surface area contributed by atoms with Crippen molar-refractivity contribution in [3.05, 3.63) is 47.7 Å². The van der Waals surface area contributed by atoms with Crippen LogP contribution in [0, 0.1) is 11.8 Å². The highest BCUT2D eigenvalue weighted by Crippen LogP contribution is 2.47. The number of imide groups is 1. The highest BCUT2D eigenvalue weighted by atomic mass is 16.8. The molecule has 0 bridgehead atoms. The zero-order chi connectivity index (χ0) is 22.6. The van der Waals surface area contributed by atoms with E-state index in [0.29, 0.717) is 12.3 Å². The molecule has 3 fully saturated rings. The third kappa shape index (κ3) is 3.41. The van der Waals surface area contributed by atoms with Gasteiger partial charge in [-0.1, -0.05) is 30.3 Å². The molecular formula is C23H26N2O7. The molecule has 1 N–H and O–H groups in total. The average molecular weight is 442 g/mol. The minimum atomic E-state index is -0.917. The molecule has 6 atom stereocenters. The van der Waals surface area contributed by atoms with Gasteiger partial charge in [-0.3, -0.25) is 24.6 Å². The number of nitrogens with one attached hydrogen (secondary N) is 1. The van der Waals surface area contributed by atoms with Crippen molar-refractivity contribution in [2.45, 2.75) is 57.6 Å². The van der Waals surface area contributed by atoms with Crippen molar-refractivity contribution in [1.82, 2.24) is 10.2 Å². The molecule has 1 aromatic rings. The molecule has 4 aliphatic rings. The Hall–Kier alpha value is -2.75. The van der Waals surface area contributed by atoms with Crippen molar-refractivity contribution < 1.29 is 33.3 Å². The first-order valence-electron chi connectivity index (χ1n) is 10.8. The summed E-state index contributed by atoms with van der Waals surface area (Å²) in [6.45, 7) is 5.83. The van der Waals surface area contributed by atoms with Gasteiger partial charge < -0.3 is 18.9 Å². The number of amides is 2. The molecule has 32 heavy (non-hydrogen) atoms. The van der Waals surface area contributed by atoms with Crippen LogP contribution in [-0.2, 0) is 39.9 Å². The summed E-state index contributed by atoms with van der Waals surface area (Å²) in [7, 11) is 0. The predicted octanol–water partition coefficient (Wildman–Crippen LogP) is 1.08. The second kappa shape index (κ2) is 7.68. The normalized spacial score (nSPS) is 35.2. The Kier molecular flexibility index (Phi) is 5.07. The number of hydrogen-bond acceptors (Lipinski definition) is 8. The van der Waals surface area contributed by atoms with Gasteiger partial charge in [0.05, 0.1) is 24.5 Å². The van der Waals surface area contributed by atoms with Gasteiger partial charge in [0, 0.05) is 6.54 Å². The number of nitrogens with zero attached hydrogens (tertiary/aromatic N) is 1. The van der Waals surface area contributed by atoms with Crippen LogP contribution in [0.5, 0.6) is 0 Å². The maximum atomic E-state index is 13.0. The lowest BCUT2D eigenvalue weighted by Crippen LogP contribution is -2.48. The Morgan fingerprint density at radius 2 is 1.84 bits per heavy atom. The third-order valence-corrected chi connectivity index (χ3v) is 6.33. The Bertz CT molecular complexity index is 976. The Morgan fingerprint density at radius 1 is 1.12 bits per heavy atom. The molecule has 4 heterocycles. The molecule has 0 spiro atoms. The van der Waals surface area contributed by atoms with Gasteiger partial charge in [0.15, 0.2) is 5.79 Å². The number of esters is 1. The van der Waals surface area contributed by atoms with Crippen LogP contribution in [-0.4, -0.2) is 59.6 Å². The van der Waals surface area contributed by atoms with Crippen molar-refractivity contribution in [3.8, 4) is 0 Å². The number of hydrogen-bond donors (Lipinski definition) is 1. The minimum Gasteiger partial charge on any atom is -0.465 e. The summed E-state index contributed by atoms with van der Waals surface area (Å²) >= 11 is 0. The highest BCUT2D eigenvalue weighted by Gasteiger charge is 2.64. The van der Waals surface area contributed by atoms with Crippen LogP contribution in [0.4, 0.5) is 0 Å². The van der Waals surface area contributed by atoms with E-state index < -0.39 is 59.9 Å². The first-order chi connectivity index (χ1) is 15.3. The molecule has 9 heteroatoms. The van der Waals surface area contributed by atoms with Crippen molar-refractivity contribution in [3.63, 3.8) is 0 Å². The van der Waals surface area contributed by atoms with Crippen LogP contribution in [0.1, 0.15) is 26.3 Å². The smallest absolute Gasteiger partial charge is 0.324 e. The molecule has 0 aromatic heterocycles. The standard InChI is InChI=1S/C23H26N2O7/c1-4-29-21(28)18-16-15(19(26)24-20(16)27)17(25(18)11-12-8-6-5-7-9-12)13-10-14-22(30-13)32-23(2,3)31-14/h5-10,14-18,22H,4,11H2,1-3H3,(H,24,26,27)/t14-,15-,16+,17-,18+,22-/m1/s1. The van der Waals surface area contributed by atoms with Crippen molar-refractivity contribution in [2.24, 2.45) is 11.8 Å². The summed E-state index contributed by atoms with van der Waals surface area (Å²) < 4.78 is 23.1. The van der Waals surface area contributed by atoms with Gasteiger partial charge in [-0.2, -0.15) is 0 Å². The molecule has 4 aliphatic heterocycles. The van der Waals surface area contributed by atoms with Crippen LogP contribution in [0.2, 0.25) is 0 Å². The van der Waals surface area contributed by atoms with Crippen LogP contribution in [0.3, 0.4) is 0 Å². The van der Waals surface area contributed by atoms with Crippen LogP contribution in [0.25, 0.3) is 0 Å². The van der Waals surface area contributed by atoms with Gasteiger partial charge in [-0.25, -0.2) is 0 Å². The third-order valence-electron chi connectivity index (χ3n) is 6.33. The van der Waals surface area contributed by atoms with E-state index in [0.717, 1.165) is 5.56 Å². The predicted molar refractivity (Wildman–Crippen MR) is 109 cm³/mol. The number of fused-ring (bicyclic) bond motifs is 2. The van der Waals surface area contributed by atoms with Gasteiger partial charge in [0.2, 0.25) is 18.1 Å². The van der Waals surface area contributed by atoms with Crippen molar-refractivity contribution in [2.75, 3.05) is 6.61 Å². The Labute approximate surface area is 185 Å². The number of likely N-dealkylation sites (tertiary alicyclic amines) is 1. The number of carbonyl (C=O) groups excluding carboxylic acids is 3. The highest BCUT2D eigenvalue weighted by molar-refractivity contribution is 6.08. The molecule has 0 saturated carbocycles. The summed E-state index contributed by atoms with van der Waals surface area (Å²) in [5.74, 6) is -3.37. The molecule has 0 radical (unpaired) electrons. The molecule has 9 nitrogen and oxygen atoms in total. The molecule has 0 unspecified atom stereocenters. The average Bonchev–Trinajstić information content (AvgIpc) is 3.41. The van der Waals surface area contributed by atoms with E-state index in [2.05, 4.69) is 5.32 Å². The van der Waals surface area contributed by atoms with E-state index in [9.17, 15) is 14.4 Å². The summed E-state index contributed by atoms with van der Waals surface area (Å²) in [6.07, 6.45) is 0.723. The summed E-state index contributed by atoms with van der Waals surface area (Å²) in [6, 6.07) is 8.02. The number of benzene rings is 1. The fourth-order valence-electron chi connectivity index (χ4n) is 5.19. The molecular weight excluding hydrogens is 416 g/mol. The second-order valence-electron chi connectivity index (χ2n) is 8.86. The summed E-state index contributed by atoms with van der Waals surface area (Å²) in [5.41, 5.74) is 0.937. The van der Waals surface area contributed by atoms with Gasteiger partial charge in [-0.05, 0) is 32.4 Å². The lowest BCUT2D eigenvalue weighted by molar-refractivity contribution is -0.184. The molecule has 1 aromatic carbocycles. The maximum absolute atomic E-state index is 13.0. The summed E-state index contributed by atoms with van der Waals surface area (Å²) in [4.78, 5) is 40.5. The fraction of sp³-hybridized carbons (Fsp3) is 0.522. The molecule has 0 aliphatic carbocycles. The lowest BCUT2D eigenvalue weighted by Gasteiger charge is -2.32. The monoisotopic (exact) mass is 442 g/mol. The first-order valence-corrected chi connectivity index (χ1v) is 10.8. The van der Waals surface area contributed by atoms with Gasteiger partial charge in [-0.15, -0.1) is 0 Å². The quantitative estimate of drug-likeness (QED) is 0.534. The van der Waals surface area contributed by atoms with Gasteiger partial charge in [0.25, 0.3) is 0 Å². The van der Waals surface area contributed by atoms with Crippen molar-refractivity contribution >= 4 is 17.8 Å². The van der Waals surface area contributed by atoms with E-state index >= 15 is 0 Å². The van der Waals surface area contributed by atoms with E-state index in [1.807, 2.05) is 35.2 Å². The number of rotatable bonds is 5. The largest absolute Gasteiger partial charge is 0.465 e. The minimum absolute atomic E-state index is 0.173. The van der Waals surface area contributed by atoms with Gasteiger partial charge >= 0.3 is 5.97 Å². The number of ether oxygens (including phenoxy) is 4. The topological polar surface area (TPSA) is 103 Å². The van der Waals surface area contributed by atoms with E-state index in [-0.39, 0.29) is 6.61 Å². The van der Waals surface area contributed by atoms with Crippen LogP contribution >= 0.6 is 0 Å². The molecule has 5 rings (SSSR count). The Balaban J connectivity index is 1.55. The fourth-order valence-corrected chi connectivity index (χ4v) is 5.19. The maximum Gasteiger partial charge on any atom is 0.324 e. The van der Waals surface area contributed by atoms with Crippen molar-refractivity contribution in [1.29, 1.82) is 0 Å². The van der Waals surface area contributed by atoms with Gasteiger partial charge in [0.1, 0.15) is 17.9 Å². The molecule has 3 saturated heterocycles. The van der Waals surface area contributed by atoms with E-state index in [4.69, 9.17) is 18.9 Å². The first kappa shape index (κ1) is 21.1.